The maximum absolute atomic E-state index is 11.5. The number of amides is 1. The third kappa shape index (κ3) is 4.31. The Kier molecular flexibility index (Phi) is 4.43. The highest BCUT2D eigenvalue weighted by molar-refractivity contribution is 7.15. The highest BCUT2D eigenvalue weighted by Crippen LogP contribution is 2.11. The number of carbonyl (C=O) groups excluding carboxylic acids is 1. The molecule has 19 heavy (non-hydrogen) atoms. The molecule has 1 heterocycles. The lowest BCUT2D eigenvalue weighted by molar-refractivity contribution is -0.120. The molecule has 0 aliphatic rings. The average Bonchev–Trinajstić information content (AvgIpc) is 2.77. The van der Waals surface area contributed by atoms with Crippen molar-refractivity contribution in [3.8, 4) is 0 Å². The lowest BCUT2D eigenvalue weighted by Crippen LogP contribution is -2.19. The molecule has 0 aliphatic carbocycles. The fourth-order valence-electron chi connectivity index (χ4n) is 1.24. The normalized spacial score (nSPS) is 10.8. The summed E-state index contributed by atoms with van der Waals surface area (Å²) in [6.45, 7) is 0. The number of benzene rings is 1. The van der Waals surface area contributed by atoms with E-state index < -0.39 is 0 Å². The lowest BCUT2D eigenvalue weighted by Gasteiger charge is -1.96. The van der Waals surface area contributed by atoms with Crippen molar-refractivity contribution < 1.29 is 4.79 Å². The monoisotopic (exact) mass is 295 g/mol. The van der Waals surface area contributed by atoms with Crippen LogP contribution < -0.4 is 11.2 Å². The van der Waals surface area contributed by atoms with Crippen LogP contribution in [-0.2, 0) is 11.2 Å². The van der Waals surface area contributed by atoms with Crippen LogP contribution in [0.5, 0.6) is 0 Å². The Morgan fingerprint density at radius 2 is 2.16 bits per heavy atom. The van der Waals surface area contributed by atoms with Gasteiger partial charge in [0.25, 0.3) is 0 Å². The van der Waals surface area contributed by atoms with Crippen molar-refractivity contribution in [2.24, 2.45) is 5.10 Å². The molecule has 3 N–H and O–H groups in total. The van der Waals surface area contributed by atoms with Crippen molar-refractivity contribution in [2.75, 3.05) is 5.73 Å². The van der Waals surface area contributed by atoms with Crippen molar-refractivity contribution in [3.05, 3.63) is 39.9 Å². The molecule has 2 aromatic rings. The van der Waals surface area contributed by atoms with E-state index in [1.807, 2.05) is 0 Å². The molecule has 2 rings (SSSR count). The van der Waals surface area contributed by atoms with E-state index in [9.17, 15) is 4.79 Å². The Bertz CT molecular complexity index is 595. The molecule has 0 bridgehead atoms. The van der Waals surface area contributed by atoms with Crippen molar-refractivity contribution in [2.45, 2.75) is 6.42 Å². The number of nitrogen functional groups attached to an aromatic ring is 1. The van der Waals surface area contributed by atoms with E-state index >= 15 is 0 Å². The van der Waals surface area contributed by atoms with Crippen molar-refractivity contribution in [1.29, 1.82) is 0 Å². The van der Waals surface area contributed by atoms with Crippen molar-refractivity contribution >= 4 is 40.2 Å². The van der Waals surface area contributed by atoms with Gasteiger partial charge in [-0.2, -0.15) is 5.10 Å². The van der Waals surface area contributed by atoms with Gasteiger partial charge in [-0.25, -0.2) is 5.43 Å². The molecule has 8 heteroatoms. The Morgan fingerprint density at radius 3 is 2.79 bits per heavy atom. The van der Waals surface area contributed by atoms with Gasteiger partial charge in [0, 0.05) is 5.02 Å². The summed E-state index contributed by atoms with van der Waals surface area (Å²) in [7, 11) is 0. The number of anilines is 1. The van der Waals surface area contributed by atoms with E-state index in [1.54, 1.807) is 24.3 Å². The zero-order valence-corrected chi connectivity index (χ0v) is 11.3. The summed E-state index contributed by atoms with van der Waals surface area (Å²) in [6, 6.07) is 7.08. The second-order valence-corrected chi connectivity index (χ2v) is 5.09. The zero-order chi connectivity index (χ0) is 13.7. The van der Waals surface area contributed by atoms with Crippen LogP contribution in [0.15, 0.2) is 29.4 Å². The van der Waals surface area contributed by atoms with Crippen LogP contribution in [0.4, 0.5) is 5.13 Å². The van der Waals surface area contributed by atoms with Crippen molar-refractivity contribution in [1.82, 2.24) is 15.6 Å². The number of nitrogens with two attached hydrogens (primary N) is 1. The Morgan fingerprint density at radius 1 is 1.42 bits per heavy atom. The van der Waals surface area contributed by atoms with Crippen LogP contribution in [-0.4, -0.2) is 22.3 Å². The number of nitrogens with one attached hydrogen (secondary N) is 1. The third-order valence-corrected chi connectivity index (χ3v) is 3.07. The maximum atomic E-state index is 11.5. The van der Waals surface area contributed by atoms with Crippen molar-refractivity contribution in [3.63, 3.8) is 0 Å². The highest BCUT2D eigenvalue weighted by atomic mass is 35.5. The maximum Gasteiger partial charge on any atom is 0.247 e. The molecule has 6 nitrogen and oxygen atoms in total. The number of rotatable bonds is 4. The van der Waals surface area contributed by atoms with E-state index in [4.69, 9.17) is 17.3 Å². The molecule has 0 spiro atoms. The number of hydrogen-bond acceptors (Lipinski definition) is 6. The van der Waals surface area contributed by atoms with Crippen LogP contribution in [0.1, 0.15) is 10.6 Å². The summed E-state index contributed by atoms with van der Waals surface area (Å²) >= 11 is 6.93. The number of nitrogens with zero attached hydrogens (tertiary/aromatic N) is 3. The molecule has 0 atom stereocenters. The molecule has 1 aromatic heterocycles. The molecule has 0 fully saturated rings. The van der Waals surface area contributed by atoms with Crippen LogP contribution in [0.2, 0.25) is 5.02 Å². The highest BCUT2D eigenvalue weighted by Gasteiger charge is 2.06. The van der Waals surface area contributed by atoms with E-state index in [0.29, 0.717) is 15.2 Å². The van der Waals surface area contributed by atoms with Gasteiger partial charge in [-0.1, -0.05) is 35.1 Å². The first-order valence-corrected chi connectivity index (χ1v) is 6.48. The van der Waals surface area contributed by atoms with E-state index in [0.717, 1.165) is 5.56 Å². The number of hydrogen-bond donors (Lipinski definition) is 2. The minimum absolute atomic E-state index is 0.104. The molecular weight excluding hydrogens is 286 g/mol. The van der Waals surface area contributed by atoms with Gasteiger partial charge in [0.2, 0.25) is 11.0 Å². The predicted octanol–water partition coefficient (Wildman–Crippen LogP) is 1.47. The Hall–Kier alpha value is -1.99. The van der Waals surface area contributed by atoms with Gasteiger partial charge in [-0.3, -0.25) is 4.79 Å². The second kappa shape index (κ2) is 6.26. The molecular formula is C11H10ClN5OS. The first kappa shape index (κ1) is 13.4. The fourth-order valence-corrected chi connectivity index (χ4v) is 1.98. The van der Waals surface area contributed by atoms with Crippen LogP contribution in [0.25, 0.3) is 0 Å². The molecule has 0 saturated heterocycles. The fraction of sp³-hybridized carbons (Fsp3) is 0.0909. The quantitative estimate of drug-likeness (QED) is 0.660. The molecule has 0 unspecified atom stereocenters. The minimum Gasteiger partial charge on any atom is -0.374 e. The lowest BCUT2D eigenvalue weighted by atomic mass is 10.2. The van der Waals surface area contributed by atoms with E-state index in [-0.39, 0.29) is 12.3 Å². The number of aromatic nitrogens is 2. The molecule has 1 amide bonds. The van der Waals surface area contributed by atoms with Gasteiger partial charge < -0.3 is 5.73 Å². The molecule has 0 aliphatic heterocycles. The van der Waals surface area contributed by atoms with Gasteiger partial charge in [0.1, 0.15) is 5.01 Å². The smallest absolute Gasteiger partial charge is 0.247 e. The van der Waals surface area contributed by atoms with Gasteiger partial charge in [0.15, 0.2) is 0 Å². The summed E-state index contributed by atoms with van der Waals surface area (Å²) in [5.74, 6) is -0.277. The summed E-state index contributed by atoms with van der Waals surface area (Å²) < 4.78 is 0. The number of hydrazone groups is 1. The van der Waals surface area contributed by atoms with Crippen LogP contribution in [0.3, 0.4) is 0 Å². The van der Waals surface area contributed by atoms with E-state index in [1.165, 1.54) is 17.6 Å². The largest absolute Gasteiger partial charge is 0.374 e. The van der Waals surface area contributed by atoms with Gasteiger partial charge in [0.05, 0.1) is 12.6 Å². The van der Waals surface area contributed by atoms with Crippen LogP contribution in [0, 0.1) is 0 Å². The van der Waals surface area contributed by atoms with E-state index in [2.05, 4.69) is 20.7 Å². The standard InChI is InChI=1S/C11H10ClN5OS/c12-8-3-1-7(2-4-8)6-14-15-9(18)5-10-16-17-11(13)19-10/h1-4,6H,5H2,(H2,13,17)(H,15,18)/b14-6-. The Labute approximate surface area is 118 Å². The molecule has 1 aromatic carbocycles. The third-order valence-electron chi connectivity index (χ3n) is 2.07. The van der Waals surface area contributed by atoms with Gasteiger partial charge in [-0.05, 0) is 17.7 Å². The zero-order valence-electron chi connectivity index (χ0n) is 9.71. The predicted molar refractivity (Wildman–Crippen MR) is 75.2 cm³/mol. The van der Waals surface area contributed by atoms with Gasteiger partial charge in [-0.15, -0.1) is 10.2 Å². The summed E-state index contributed by atoms with van der Waals surface area (Å²) in [4.78, 5) is 11.5. The minimum atomic E-state index is -0.277. The topological polar surface area (TPSA) is 93.3 Å². The second-order valence-electron chi connectivity index (χ2n) is 3.56. The summed E-state index contributed by atoms with van der Waals surface area (Å²) in [6.07, 6.45) is 1.63. The first-order valence-electron chi connectivity index (χ1n) is 5.29. The average molecular weight is 296 g/mol. The number of halogens is 1. The number of carbonyl (C=O) groups is 1. The molecule has 98 valence electrons. The van der Waals surface area contributed by atoms with Crippen LogP contribution >= 0.6 is 22.9 Å². The SMILES string of the molecule is Nc1nnc(CC(=O)N/N=C\c2ccc(Cl)cc2)s1. The summed E-state index contributed by atoms with van der Waals surface area (Å²) in [5, 5.41) is 12.7. The molecule has 0 radical (unpaired) electrons. The first-order chi connectivity index (χ1) is 9.13. The van der Waals surface area contributed by atoms with Gasteiger partial charge >= 0.3 is 0 Å². The molecule has 0 saturated carbocycles. The summed E-state index contributed by atoms with van der Waals surface area (Å²) in [5.41, 5.74) is 8.65. The Balaban J connectivity index is 1.84.